The zero-order valence-corrected chi connectivity index (χ0v) is 11.6. The molecule has 5 heteroatoms. The highest BCUT2D eigenvalue weighted by molar-refractivity contribution is 6.30. The summed E-state index contributed by atoms with van der Waals surface area (Å²) in [5, 5.41) is 10.0. The highest BCUT2D eigenvalue weighted by Crippen LogP contribution is 2.43. The Kier molecular flexibility index (Phi) is 3.05. The van der Waals surface area contributed by atoms with E-state index in [4.69, 9.17) is 11.6 Å². The summed E-state index contributed by atoms with van der Waals surface area (Å²) in [4.78, 5) is 25.7. The number of aliphatic carboxylic acids is 1. The summed E-state index contributed by atoms with van der Waals surface area (Å²) in [7, 11) is 0. The van der Waals surface area contributed by atoms with Gasteiger partial charge in [0.1, 0.15) is 0 Å². The number of rotatable bonds is 2. The van der Waals surface area contributed by atoms with Crippen molar-refractivity contribution in [3.63, 3.8) is 0 Å². The molecule has 1 aliphatic heterocycles. The molecular weight excluding hydrogens is 278 g/mol. The summed E-state index contributed by atoms with van der Waals surface area (Å²) in [5.74, 6) is -2.27. The molecule has 0 radical (unpaired) electrons. The summed E-state index contributed by atoms with van der Waals surface area (Å²) in [6, 6.07) is 6.49. The number of benzene rings is 1. The molecule has 1 fully saturated rings. The molecule has 0 aromatic heterocycles. The van der Waals surface area contributed by atoms with Crippen LogP contribution in [0.5, 0.6) is 0 Å². The number of carbonyl (C=O) groups is 2. The Bertz CT molecular complexity index is 596. The predicted molar refractivity (Wildman–Crippen MR) is 75.6 cm³/mol. The maximum Gasteiger partial charge on any atom is 0.309 e. The zero-order chi connectivity index (χ0) is 14.4. The Morgan fingerprint density at radius 3 is 2.45 bits per heavy atom. The van der Waals surface area contributed by atoms with E-state index in [1.807, 2.05) is 19.1 Å². The molecule has 3 rings (SSSR count). The van der Waals surface area contributed by atoms with Gasteiger partial charge in [-0.25, -0.2) is 0 Å². The van der Waals surface area contributed by atoms with Crippen molar-refractivity contribution in [2.75, 3.05) is 4.90 Å². The van der Waals surface area contributed by atoms with Crippen LogP contribution in [0.25, 0.3) is 0 Å². The summed E-state index contributed by atoms with van der Waals surface area (Å²) < 4.78 is 0. The Hall–Kier alpha value is -1.81. The lowest BCUT2D eigenvalue weighted by molar-refractivity contribution is -0.145. The third-order valence-electron chi connectivity index (χ3n) is 4.14. The van der Waals surface area contributed by atoms with Gasteiger partial charge in [-0.15, -0.1) is 0 Å². The van der Waals surface area contributed by atoms with E-state index in [0.717, 1.165) is 0 Å². The van der Waals surface area contributed by atoms with Crippen LogP contribution in [0.3, 0.4) is 0 Å². The minimum Gasteiger partial charge on any atom is -0.481 e. The molecule has 20 heavy (non-hydrogen) atoms. The first-order valence-electron chi connectivity index (χ1n) is 6.50. The average molecular weight is 292 g/mol. The first-order valence-corrected chi connectivity index (χ1v) is 6.88. The van der Waals surface area contributed by atoms with E-state index < -0.39 is 23.8 Å². The van der Waals surface area contributed by atoms with E-state index in [2.05, 4.69) is 0 Å². The van der Waals surface area contributed by atoms with Crippen molar-refractivity contribution in [1.29, 1.82) is 0 Å². The molecule has 104 valence electrons. The number of carboxylic acid groups (broad SMARTS) is 1. The molecule has 2 bridgehead atoms. The monoisotopic (exact) mass is 291 g/mol. The molecule has 4 atom stereocenters. The highest BCUT2D eigenvalue weighted by Gasteiger charge is 2.54. The van der Waals surface area contributed by atoms with Gasteiger partial charge >= 0.3 is 5.97 Å². The normalized spacial score (nSPS) is 31.7. The standard InChI is InChI=1S/C15H14ClNO3/c1-8-2-7-11-13(15(19)20)12(8)14(18)17(11)10-5-3-9(16)4-6-10/h2-8,11-13H,1H3,(H,19,20). The number of allylic oxidation sites excluding steroid dienone is 1. The number of hydrogen-bond acceptors (Lipinski definition) is 2. The second-order valence-electron chi connectivity index (χ2n) is 5.31. The number of nitrogens with zero attached hydrogens (tertiary/aromatic N) is 1. The molecule has 1 aromatic carbocycles. The van der Waals surface area contributed by atoms with E-state index in [9.17, 15) is 14.7 Å². The molecule has 1 aliphatic carbocycles. The fourth-order valence-corrected chi connectivity index (χ4v) is 3.33. The van der Waals surface area contributed by atoms with Crippen LogP contribution in [-0.2, 0) is 9.59 Å². The van der Waals surface area contributed by atoms with Gasteiger partial charge in [0.2, 0.25) is 5.91 Å². The molecule has 1 saturated heterocycles. The van der Waals surface area contributed by atoms with Gasteiger partial charge in [0, 0.05) is 10.7 Å². The molecule has 0 saturated carbocycles. The summed E-state index contributed by atoms with van der Waals surface area (Å²) in [6.07, 6.45) is 3.77. The lowest BCUT2D eigenvalue weighted by Gasteiger charge is -2.26. The molecule has 1 heterocycles. The van der Waals surface area contributed by atoms with Crippen molar-refractivity contribution in [2.45, 2.75) is 13.0 Å². The third-order valence-corrected chi connectivity index (χ3v) is 4.40. The SMILES string of the molecule is CC1C=CC2C(C(=O)O)C1C(=O)N2c1ccc(Cl)cc1. The summed E-state index contributed by atoms with van der Waals surface area (Å²) in [5.41, 5.74) is 0.692. The van der Waals surface area contributed by atoms with Gasteiger partial charge in [0.15, 0.2) is 0 Å². The van der Waals surface area contributed by atoms with Crippen LogP contribution in [0.1, 0.15) is 6.92 Å². The van der Waals surface area contributed by atoms with Crippen molar-refractivity contribution in [3.05, 3.63) is 41.4 Å². The molecule has 0 spiro atoms. The van der Waals surface area contributed by atoms with Crippen LogP contribution in [0.15, 0.2) is 36.4 Å². The Morgan fingerprint density at radius 2 is 1.90 bits per heavy atom. The van der Waals surface area contributed by atoms with Crippen LogP contribution in [0.2, 0.25) is 5.02 Å². The molecule has 1 amide bonds. The van der Waals surface area contributed by atoms with Crippen LogP contribution < -0.4 is 4.90 Å². The van der Waals surface area contributed by atoms with Crippen LogP contribution in [0.4, 0.5) is 5.69 Å². The van der Waals surface area contributed by atoms with Gasteiger partial charge in [0.25, 0.3) is 0 Å². The predicted octanol–water partition coefficient (Wildman–Crippen LogP) is 2.58. The maximum atomic E-state index is 12.6. The molecule has 4 unspecified atom stereocenters. The smallest absolute Gasteiger partial charge is 0.309 e. The number of hydrogen-bond donors (Lipinski definition) is 1. The largest absolute Gasteiger partial charge is 0.481 e. The molecule has 1 aromatic rings. The van der Waals surface area contributed by atoms with Crippen molar-refractivity contribution in [3.8, 4) is 0 Å². The Labute approximate surface area is 121 Å². The van der Waals surface area contributed by atoms with Crippen LogP contribution in [0, 0.1) is 17.8 Å². The van der Waals surface area contributed by atoms with Crippen molar-refractivity contribution < 1.29 is 14.7 Å². The Morgan fingerprint density at radius 1 is 1.25 bits per heavy atom. The number of carboxylic acids is 1. The topological polar surface area (TPSA) is 57.6 Å². The number of halogens is 1. The molecular formula is C15H14ClNO3. The Balaban J connectivity index is 2.05. The molecule has 2 aliphatic rings. The van der Waals surface area contributed by atoms with E-state index in [0.29, 0.717) is 10.7 Å². The number of anilines is 1. The first-order chi connectivity index (χ1) is 9.50. The summed E-state index contributed by atoms with van der Waals surface area (Å²) >= 11 is 5.86. The fraction of sp³-hybridized carbons (Fsp3) is 0.333. The third kappa shape index (κ3) is 1.83. The average Bonchev–Trinajstić information content (AvgIpc) is 2.64. The second kappa shape index (κ2) is 4.63. The second-order valence-corrected chi connectivity index (χ2v) is 5.75. The lowest BCUT2D eigenvalue weighted by Crippen LogP contribution is -2.37. The van der Waals surface area contributed by atoms with Gasteiger partial charge in [-0.2, -0.15) is 0 Å². The van der Waals surface area contributed by atoms with Gasteiger partial charge < -0.3 is 10.0 Å². The van der Waals surface area contributed by atoms with Crippen molar-refractivity contribution in [2.24, 2.45) is 17.8 Å². The van der Waals surface area contributed by atoms with Crippen LogP contribution >= 0.6 is 11.6 Å². The summed E-state index contributed by atoms with van der Waals surface area (Å²) in [6.45, 7) is 1.89. The highest BCUT2D eigenvalue weighted by atomic mass is 35.5. The zero-order valence-electron chi connectivity index (χ0n) is 10.9. The van der Waals surface area contributed by atoms with E-state index >= 15 is 0 Å². The minimum absolute atomic E-state index is 0.0582. The first kappa shape index (κ1) is 13.2. The minimum atomic E-state index is -0.916. The number of carbonyl (C=O) groups excluding carboxylic acids is 1. The van der Waals surface area contributed by atoms with Crippen LogP contribution in [-0.4, -0.2) is 23.0 Å². The van der Waals surface area contributed by atoms with Gasteiger partial charge in [-0.3, -0.25) is 9.59 Å². The molecule has 4 nitrogen and oxygen atoms in total. The lowest BCUT2D eigenvalue weighted by atomic mass is 9.77. The van der Waals surface area contributed by atoms with Gasteiger partial charge in [-0.1, -0.05) is 30.7 Å². The fourth-order valence-electron chi connectivity index (χ4n) is 3.20. The number of amides is 1. The maximum absolute atomic E-state index is 12.6. The van der Waals surface area contributed by atoms with Crippen molar-refractivity contribution in [1.82, 2.24) is 0 Å². The van der Waals surface area contributed by atoms with Crippen molar-refractivity contribution >= 4 is 29.2 Å². The van der Waals surface area contributed by atoms with Gasteiger partial charge in [-0.05, 0) is 30.2 Å². The quantitative estimate of drug-likeness (QED) is 0.852. The molecule has 1 N–H and O–H groups in total. The van der Waals surface area contributed by atoms with Gasteiger partial charge in [0.05, 0.1) is 17.9 Å². The van der Waals surface area contributed by atoms with E-state index in [1.54, 1.807) is 29.2 Å². The van der Waals surface area contributed by atoms with E-state index in [1.165, 1.54) is 0 Å². The number of fused-ring (bicyclic) bond motifs is 2. The van der Waals surface area contributed by atoms with E-state index in [-0.39, 0.29) is 11.8 Å².